The van der Waals surface area contributed by atoms with Gasteiger partial charge in [-0.1, -0.05) is 30.3 Å². The Labute approximate surface area is 92.4 Å². The van der Waals surface area contributed by atoms with E-state index in [0.717, 1.165) is 5.56 Å². The summed E-state index contributed by atoms with van der Waals surface area (Å²) in [4.78, 5) is 22.3. The lowest BCUT2D eigenvalue weighted by atomic mass is 9.95. The van der Waals surface area contributed by atoms with Gasteiger partial charge in [0.1, 0.15) is 0 Å². The minimum absolute atomic E-state index is 0.275. The third-order valence-electron chi connectivity index (χ3n) is 2.68. The molecule has 84 valence electrons. The Hall–Kier alpha value is -1.88. The molecule has 5 nitrogen and oxygen atoms in total. The standard InChI is InChI=1S/C11H12N2O3/c12-9(14)8-11(16-8,10(13)15)6-7-4-2-1-3-5-7/h1-5,8H,6H2,(H2,12,14)(H2,13,15). The second-order valence-electron chi connectivity index (χ2n) is 3.82. The molecule has 5 heteroatoms. The van der Waals surface area contributed by atoms with E-state index in [1.165, 1.54) is 0 Å². The molecule has 0 bridgehead atoms. The molecule has 1 heterocycles. The Morgan fingerprint density at radius 1 is 1.25 bits per heavy atom. The first kappa shape index (κ1) is 10.6. The number of primary amides is 2. The van der Waals surface area contributed by atoms with E-state index in [1.807, 2.05) is 30.3 Å². The number of benzene rings is 1. The van der Waals surface area contributed by atoms with Gasteiger partial charge in [0.25, 0.3) is 5.91 Å². The van der Waals surface area contributed by atoms with E-state index in [9.17, 15) is 9.59 Å². The van der Waals surface area contributed by atoms with Crippen molar-refractivity contribution in [2.24, 2.45) is 11.5 Å². The first-order valence-electron chi connectivity index (χ1n) is 4.87. The number of carbonyl (C=O) groups is 2. The molecule has 2 unspecified atom stereocenters. The molecule has 0 aliphatic carbocycles. The van der Waals surface area contributed by atoms with Crippen LogP contribution >= 0.6 is 0 Å². The molecule has 2 amide bonds. The van der Waals surface area contributed by atoms with Crippen LogP contribution < -0.4 is 11.5 Å². The molecule has 2 atom stereocenters. The molecule has 1 aromatic carbocycles. The number of rotatable bonds is 4. The Bertz CT molecular complexity index is 432. The minimum Gasteiger partial charge on any atom is -0.367 e. The van der Waals surface area contributed by atoms with Crippen molar-refractivity contribution in [3.63, 3.8) is 0 Å². The van der Waals surface area contributed by atoms with Crippen molar-refractivity contribution in [3.8, 4) is 0 Å². The number of ether oxygens (including phenoxy) is 1. The van der Waals surface area contributed by atoms with Gasteiger partial charge in [-0.3, -0.25) is 9.59 Å². The van der Waals surface area contributed by atoms with Crippen LogP contribution in [0.25, 0.3) is 0 Å². The van der Waals surface area contributed by atoms with Gasteiger partial charge in [0.15, 0.2) is 11.7 Å². The number of carbonyl (C=O) groups excluding carboxylic acids is 2. The molecule has 0 spiro atoms. The second-order valence-corrected chi connectivity index (χ2v) is 3.82. The van der Waals surface area contributed by atoms with Gasteiger partial charge in [-0.15, -0.1) is 0 Å². The Morgan fingerprint density at radius 3 is 2.31 bits per heavy atom. The predicted octanol–water partition coefficient (Wildman–Crippen LogP) is -0.663. The molecule has 1 aliphatic rings. The maximum absolute atomic E-state index is 11.3. The van der Waals surface area contributed by atoms with Gasteiger partial charge in [-0.2, -0.15) is 0 Å². The lowest BCUT2D eigenvalue weighted by molar-refractivity contribution is -0.124. The van der Waals surface area contributed by atoms with Gasteiger partial charge < -0.3 is 16.2 Å². The SMILES string of the molecule is NC(=O)C1OC1(Cc1ccccc1)C(N)=O. The van der Waals surface area contributed by atoms with Crippen molar-refractivity contribution < 1.29 is 14.3 Å². The van der Waals surface area contributed by atoms with E-state index in [1.54, 1.807) is 0 Å². The van der Waals surface area contributed by atoms with E-state index < -0.39 is 23.5 Å². The fourth-order valence-corrected chi connectivity index (χ4v) is 1.77. The maximum atomic E-state index is 11.3. The van der Waals surface area contributed by atoms with E-state index in [4.69, 9.17) is 16.2 Å². The lowest BCUT2D eigenvalue weighted by Gasteiger charge is -2.07. The fourth-order valence-electron chi connectivity index (χ4n) is 1.77. The van der Waals surface area contributed by atoms with Gasteiger partial charge in [0.2, 0.25) is 5.91 Å². The normalized spacial score (nSPS) is 27.4. The van der Waals surface area contributed by atoms with Gasteiger partial charge in [0.05, 0.1) is 0 Å². The number of hydrogen-bond acceptors (Lipinski definition) is 3. The molecule has 1 aliphatic heterocycles. The van der Waals surface area contributed by atoms with Gasteiger partial charge >= 0.3 is 0 Å². The summed E-state index contributed by atoms with van der Waals surface area (Å²) in [5.41, 5.74) is 9.97. The average molecular weight is 220 g/mol. The maximum Gasteiger partial charge on any atom is 0.253 e. The summed E-state index contributed by atoms with van der Waals surface area (Å²) >= 11 is 0. The van der Waals surface area contributed by atoms with Gasteiger partial charge in [-0.05, 0) is 5.56 Å². The summed E-state index contributed by atoms with van der Waals surface area (Å²) in [6.45, 7) is 0. The van der Waals surface area contributed by atoms with Crippen LogP contribution in [0.4, 0.5) is 0 Å². The smallest absolute Gasteiger partial charge is 0.253 e. The summed E-state index contributed by atoms with van der Waals surface area (Å²) in [5, 5.41) is 0. The van der Waals surface area contributed by atoms with Gasteiger partial charge in [-0.25, -0.2) is 0 Å². The molecule has 2 rings (SSSR count). The Morgan fingerprint density at radius 2 is 1.88 bits per heavy atom. The predicted molar refractivity (Wildman–Crippen MR) is 56.1 cm³/mol. The zero-order chi connectivity index (χ0) is 11.8. The Kier molecular flexibility index (Phi) is 2.40. The van der Waals surface area contributed by atoms with E-state index >= 15 is 0 Å². The molecule has 1 saturated heterocycles. The third kappa shape index (κ3) is 1.65. The first-order valence-corrected chi connectivity index (χ1v) is 4.87. The van der Waals surface area contributed by atoms with Crippen LogP contribution in [0.2, 0.25) is 0 Å². The highest BCUT2D eigenvalue weighted by molar-refractivity contribution is 5.97. The summed E-state index contributed by atoms with van der Waals surface area (Å²) in [6.07, 6.45) is -0.623. The molecule has 1 aromatic rings. The third-order valence-corrected chi connectivity index (χ3v) is 2.68. The Balaban J connectivity index is 2.19. The highest BCUT2D eigenvalue weighted by Gasteiger charge is 2.64. The number of nitrogens with two attached hydrogens (primary N) is 2. The largest absolute Gasteiger partial charge is 0.367 e. The monoisotopic (exact) mass is 220 g/mol. The minimum atomic E-state index is -1.24. The lowest BCUT2D eigenvalue weighted by Crippen LogP contribution is -2.40. The van der Waals surface area contributed by atoms with Crippen molar-refractivity contribution in [3.05, 3.63) is 35.9 Å². The quantitative estimate of drug-likeness (QED) is 0.659. The van der Waals surface area contributed by atoms with Crippen LogP contribution in [0.3, 0.4) is 0 Å². The van der Waals surface area contributed by atoms with E-state index in [-0.39, 0.29) is 6.42 Å². The summed E-state index contributed by atoms with van der Waals surface area (Å²) < 4.78 is 5.08. The number of hydrogen-bond donors (Lipinski definition) is 2. The molecule has 0 radical (unpaired) electrons. The van der Waals surface area contributed by atoms with Crippen LogP contribution in [-0.4, -0.2) is 23.5 Å². The molecule has 0 saturated carbocycles. The topological polar surface area (TPSA) is 98.7 Å². The zero-order valence-corrected chi connectivity index (χ0v) is 8.55. The van der Waals surface area contributed by atoms with Crippen molar-refractivity contribution >= 4 is 11.8 Å². The number of amides is 2. The summed E-state index contributed by atoms with van der Waals surface area (Å²) in [6, 6.07) is 9.21. The van der Waals surface area contributed by atoms with Crippen LogP contribution in [0, 0.1) is 0 Å². The molecule has 16 heavy (non-hydrogen) atoms. The zero-order valence-electron chi connectivity index (χ0n) is 8.55. The molecular weight excluding hydrogens is 208 g/mol. The van der Waals surface area contributed by atoms with Crippen molar-refractivity contribution in [2.75, 3.05) is 0 Å². The highest BCUT2D eigenvalue weighted by Crippen LogP contribution is 2.39. The molecular formula is C11H12N2O3. The van der Waals surface area contributed by atoms with Crippen molar-refractivity contribution in [1.29, 1.82) is 0 Å². The first-order chi connectivity index (χ1) is 7.56. The van der Waals surface area contributed by atoms with Crippen molar-refractivity contribution in [1.82, 2.24) is 0 Å². The number of epoxide rings is 1. The van der Waals surface area contributed by atoms with Crippen LogP contribution in [-0.2, 0) is 20.7 Å². The highest BCUT2D eigenvalue weighted by atomic mass is 16.6. The second kappa shape index (κ2) is 3.61. The van der Waals surface area contributed by atoms with Crippen LogP contribution in [0.5, 0.6) is 0 Å². The summed E-state index contributed by atoms with van der Waals surface area (Å²) in [5.74, 6) is -1.31. The fraction of sp³-hybridized carbons (Fsp3) is 0.273. The van der Waals surface area contributed by atoms with Crippen LogP contribution in [0.15, 0.2) is 30.3 Å². The molecule has 1 fully saturated rings. The van der Waals surface area contributed by atoms with Crippen molar-refractivity contribution in [2.45, 2.75) is 18.1 Å². The van der Waals surface area contributed by atoms with Gasteiger partial charge in [0, 0.05) is 6.42 Å². The van der Waals surface area contributed by atoms with Crippen LogP contribution in [0.1, 0.15) is 5.56 Å². The summed E-state index contributed by atoms with van der Waals surface area (Å²) in [7, 11) is 0. The molecule has 0 aromatic heterocycles. The van der Waals surface area contributed by atoms with E-state index in [0.29, 0.717) is 0 Å². The average Bonchev–Trinajstić information content (AvgIpc) is 2.95. The van der Waals surface area contributed by atoms with E-state index in [2.05, 4.69) is 0 Å². The molecule has 4 N–H and O–H groups in total.